The molecule has 1 aromatic rings. The molecule has 0 unspecified atom stereocenters. The van der Waals surface area contributed by atoms with Gasteiger partial charge >= 0.3 is 6.03 Å². The van der Waals surface area contributed by atoms with Gasteiger partial charge < -0.3 is 5.32 Å². The highest BCUT2D eigenvalue weighted by Gasteiger charge is 2.06. The summed E-state index contributed by atoms with van der Waals surface area (Å²) in [5, 5.41) is 5.57. The molecular formula is C14H19N7O3. The number of carbonyl (C=O) groups is 3. The minimum Gasteiger partial charge on any atom is -0.337 e. The first kappa shape index (κ1) is 18.9. The molecule has 0 spiro atoms. The zero-order chi connectivity index (χ0) is 17.6. The predicted octanol–water partition coefficient (Wildman–Crippen LogP) is 1.81. The van der Waals surface area contributed by atoms with Crippen LogP contribution in [0.25, 0.3) is 10.4 Å². The fourth-order valence-corrected chi connectivity index (χ4v) is 1.78. The highest BCUT2D eigenvalue weighted by Crippen LogP contribution is 2.03. The molecule has 0 aliphatic carbocycles. The van der Waals surface area contributed by atoms with E-state index < -0.39 is 17.8 Å². The van der Waals surface area contributed by atoms with Crippen LogP contribution in [0, 0.1) is 0 Å². The lowest BCUT2D eigenvalue weighted by atomic mass is 10.1. The van der Waals surface area contributed by atoms with Crippen LogP contribution in [-0.2, 0) is 4.79 Å². The normalized spacial score (nSPS) is 9.50. The summed E-state index contributed by atoms with van der Waals surface area (Å²) in [5.74, 6) is -0.915. The van der Waals surface area contributed by atoms with Crippen LogP contribution in [0.5, 0.6) is 0 Å². The van der Waals surface area contributed by atoms with Gasteiger partial charge in [-0.2, -0.15) is 0 Å². The summed E-state index contributed by atoms with van der Waals surface area (Å²) in [6, 6.07) is 2.69. The molecule has 10 nitrogen and oxygen atoms in total. The maximum Gasteiger partial charge on any atom is 0.333 e. The number of nitrogens with zero attached hydrogens (tertiary/aromatic N) is 4. The second kappa shape index (κ2) is 11.4. The van der Waals surface area contributed by atoms with Gasteiger partial charge in [-0.15, -0.1) is 0 Å². The van der Waals surface area contributed by atoms with Crippen LogP contribution in [-0.4, -0.2) is 29.4 Å². The van der Waals surface area contributed by atoms with Crippen molar-refractivity contribution < 1.29 is 14.4 Å². The summed E-state index contributed by atoms with van der Waals surface area (Å²) in [5.41, 5.74) is 12.9. The van der Waals surface area contributed by atoms with Gasteiger partial charge in [0.15, 0.2) is 0 Å². The van der Waals surface area contributed by atoms with Crippen LogP contribution in [0.2, 0.25) is 0 Å². The number of hydrogen-bond donors (Lipinski definition) is 3. The molecule has 0 bridgehead atoms. The van der Waals surface area contributed by atoms with E-state index in [-0.39, 0.29) is 6.42 Å². The van der Waals surface area contributed by atoms with Gasteiger partial charge in [0.1, 0.15) is 0 Å². The third kappa shape index (κ3) is 8.35. The van der Waals surface area contributed by atoms with E-state index in [1.165, 1.54) is 6.20 Å². The van der Waals surface area contributed by atoms with Gasteiger partial charge in [0.2, 0.25) is 5.91 Å². The molecular weight excluding hydrogens is 314 g/mol. The zero-order valence-corrected chi connectivity index (χ0v) is 13.1. The number of hydrazine groups is 1. The van der Waals surface area contributed by atoms with E-state index in [1.807, 2.05) is 0 Å². The molecule has 0 atom stereocenters. The standard InChI is InChI=1S/C14H19N7O3/c15-21-18-12(22)7-3-1-2-4-9-17-14(24)20-19-13(23)11-6-5-8-16-10-11/h5-6,8,10H,1-4,7,9H2,(H,19,23)(H2,17,20,24). The van der Waals surface area contributed by atoms with Crippen molar-refractivity contribution in [3.8, 4) is 0 Å². The molecule has 1 aromatic heterocycles. The number of azide groups is 1. The highest BCUT2D eigenvalue weighted by atomic mass is 16.2. The number of nitrogens with one attached hydrogen (secondary N) is 3. The van der Waals surface area contributed by atoms with E-state index in [0.717, 1.165) is 19.3 Å². The van der Waals surface area contributed by atoms with Crippen molar-refractivity contribution in [3.63, 3.8) is 0 Å². The fourth-order valence-electron chi connectivity index (χ4n) is 1.78. The molecule has 0 aliphatic heterocycles. The number of rotatable bonds is 8. The van der Waals surface area contributed by atoms with Gasteiger partial charge in [0.05, 0.1) is 5.56 Å². The van der Waals surface area contributed by atoms with Crippen LogP contribution >= 0.6 is 0 Å². The van der Waals surface area contributed by atoms with Gasteiger partial charge in [0, 0.05) is 30.3 Å². The minimum absolute atomic E-state index is 0.234. The number of hydrogen-bond acceptors (Lipinski definition) is 4. The lowest BCUT2D eigenvalue weighted by Crippen LogP contribution is -2.47. The second-order valence-electron chi connectivity index (χ2n) is 4.82. The van der Waals surface area contributed by atoms with E-state index in [9.17, 15) is 14.4 Å². The average molecular weight is 333 g/mol. The molecule has 128 valence electrons. The molecule has 24 heavy (non-hydrogen) atoms. The van der Waals surface area contributed by atoms with E-state index in [1.54, 1.807) is 18.3 Å². The maximum atomic E-state index is 11.6. The molecule has 1 rings (SSSR count). The SMILES string of the molecule is [N-]=[N+]=NC(=O)CCCCCCNC(=O)NNC(=O)c1cccnc1. The van der Waals surface area contributed by atoms with Crippen LogP contribution in [0.4, 0.5) is 4.79 Å². The first-order chi connectivity index (χ1) is 11.6. The molecule has 1 heterocycles. The summed E-state index contributed by atoms with van der Waals surface area (Å²) in [7, 11) is 0. The predicted molar refractivity (Wildman–Crippen MR) is 85.5 cm³/mol. The third-order valence-electron chi connectivity index (χ3n) is 2.97. The Morgan fingerprint density at radius 3 is 2.67 bits per heavy atom. The Bertz CT molecular complexity index is 600. The minimum atomic E-state index is -0.509. The van der Waals surface area contributed by atoms with Crippen LogP contribution in [0.1, 0.15) is 42.5 Å². The summed E-state index contributed by atoms with van der Waals surface area (Å²) in [6.07, 6.45) is 6.17. The van der Waals surface area contributed by atoms with Crippen LogP contribution in [0.15, 0.2) is 29.6 Å². The van der Waals surface area contributed by atoms with Gasteiger partial charge in [-0.1, -0.05) is 12.8 Å². The van der Waals surface area contributed by atoms with Gasteiger partial charge in [-0.05, 0) is 35.6 Å². The summed E-state index contributed by atoms with van der Waals surface area (Å²) in [4.78, 5) is 40.3. The van der Waals surface area contributed by atoms with E-state index in [0.29, 0.717) is 18.5 Å². The Morgan fingerprint density at radius 2 is 1.96 bits per heavy atom. The Kier molecular flexibility index (Phi) is 9.02. The molecule has 0 radical (unpaired) electrons. The number of amides is 4. The summed E-state index contributed by atoms with van der Waals surface area (Å²) < 4.78 is 0. The summed E-state index contributed by atoms with van der Waals surface area (Å²) in [6.45, 7) is 0.443. The fraction of sp³-hybridized carbons (Fsp3) is 0.429. The Morgan fingerprint density at radius 1 is 1.17 bits per heavy atom. The van der Waals surface area contributed by atoms with Crippen molar-refractivity contribution in [2.24, 2.45) is 5.11 Å². The number of aromatic nitrogens is 1. The van der Waals surface area contributed by atoms with Crippen LogP contribution in [0.3, 0.4) is 0 Å². The average Bonchev–Trinajstić information content (AvgIpc) is 2.59. The molecule has 10 heteroatoms. The number of pyridine rings is 1. The maximum absolute atomic E-state index is 11.6. The molecule has 0 fully saturated rings. The van der Waals surface area contributed by atoms with Crippen molar-refractivity contribution in [1.29, 1.82) is 0 Å². The number of urea groups is 1. The van der Waals surface area contributed by atoms with Crippen molar-refractivity contribution in [3.05, 3.63) is 40.5 Å². The van der Waals surface area contributed by atoms with Crippen molar-refractivity contribution in [2.75, 3.05) is 6.54 Å². The monoisotopic (exact) mass is 333 g/mol. The quantitative estimate of drug-likeness (QED) is 0.218. The summed E-state index contributed by atoms with van der Waals surface area (Å²) >= 11 is 0. The molecule has 3 N–H and O–H groups in total. The van der Waals surface area contributed by atoms with Crippen molar-refractivity contribution >= 4 is 17.8 Å². The highest BCUT2D eigenvalue weighted by molar-refractivity contribution is 5.94. The van der Waals surface area contributed by atoms with E-state index in [4.69, 9.17) is 5.53 Å². The van der Waals surface area contributed by atoms with Crippen molar-refractivity contribution in [2.45, 2.75) is 32.1 Å². The van der Waals surface area contributed by atoms with Crippen LogP contribution < -0.4 is 16.2 Å². The lowest BCUT2D eigenvalue weighted by molar-refractivity contribution is -0.118. The molecule has 0 saturated heterocycles. The van der Waals surface area contributed by atoms with Gasteiger partial charge in [0.25, 0.3) is 5.91 Å². The molecule has 4 amide bonds. The molecule has 0 saturated carbocycles. The number of carbonyl (C=O) groups excluding carboxylic acids is 3. The lowest BCUT2D eigenvalue weighted by Gasteiger charge is -2.08. The Labute approximate surface area is 138 Å². The third-order valence-corrected chi connectivity index (χ3v) is 2.97. The second-order valence-corrected chi connectivity index (χ2v) is 4.82. The first-order valence-corrected chi connectivity index (χ1v) is 7.45. The number of unbranched alkanes of at least 4 members (excludes halogenated alkanes) is 3. The zero-order valence-electron chi connectivity index (χ0n) is 13.1. The van der Waals surface area contributed by atoms with Crippen molar-refractivity contribution in [1.82, 2.24) is 21.2 Å². The molecule has 0 aliphatic rings. The van der Waals surface area contributed by atoms with Gasteiger partial charge in [-0.25, -0.2) is 10.2 Å². The largest absolute Gasteiger partial charge is 0.337 e. The Balaban J connectivity index is 2.03. The topological polar surface area (TPSA) is 149 Å². The Hall–Kier alpha value is -3.13. The van der Waals surface area contributed by atoms with E-state index >= 15 is 0 Å². The molecule has 0 aromatic carbocycles. The van der Waals surface area contributed by atoms with E-state index in [2.05, 4.69) is 31.2 Å². The van der Waals surface area contributed by atoms with Gasteiger partial charge in [-0.3, -0.25) is 20.0 Å². The first-order valence-electron chi connectivity index (χ1n) is 7.45. The smallest absolute Gasteiger partial charge is 0.333 e.